The van der Waals surface area contributed by atoms with E-state index in [1.165, 1.54) is 11.1 Å². The second-order valence-corrected chi connectivity index (χ2v) is 7.32. The molecule has 1 aliphatic rings. The van der Waals surface area contributed by atoms with Crippen LogP contribution < -0.4 is 10.9 Å². The molecule has 1 aromatic carbocycles. The van der Waals surface area contributed by atoms with Crippen LogP contribution in [0.1, 0.15) is 28.4 Å². The van der Waals surface area contributed by atoms with Crippen LogP contribution in [0.25, 0.3) is 0 Å². The Kier molecular flexibility index (Phi) is 6.26. The Labute approximate surface area is 172 Å². The van der Waals surface area contributed by atoms with Gasteiger partial charge in [0, 0.05) is 25.4 Å². The highest BCUT2D eigenvalue weighted by molar-refractivity contribution is 5.95. The summed E-state index contributed by atoms with van der Waals surface area (Å²) < 4.78 is 0. The van der Waals surface area contributed by atoms with Crippen molar-refractivity contribution in [2.45, 2.75) is 18.5 Å². The number of nitro groups is 1. The van der Waals surface area contributed by atoms with Gasteiger partial charge in [0.05, 0.1) is 16.5 Å². The number of nitrogens with zero attached hydrogens (tertiary/aromatic N) is 3. The fourth-order valence-electron chi connectivity index (χ4n) is 3.45. The Bertz CT molecular complexity index is 1000. The second-order valence-electron chi connectivity index (χ2n) is 7.32. The van der Waals surface area contributed by atoms with E-state index in [1.807, 2.05) is 49.3 Å². The van der Waals surface area contributed by atoms with Gasteiger partial charge in [0.15, 0.2) is 0 Å². The van der Waals surface area contributed by atoms with E-state index >= 15 is 0 Å². The van der Waals surface area contributed by atoms with Crippen molar-refractivity contribution in [1.82, 2.24) is 20.1 Å². The summed E-state index contributed by atoms with van der Waals surface area (Å²) in [7, 11) is 3.64. The maximum Gasteiger partial charge on any atom is 0.334 e. The van der Waals surface area contributed by atoms with Crippen LogP contribution in [-0.4, -0.2) is 64.7 Å². The molecule has 0 spiro atoms. The molecule has 2 amide bonds. The minimum atomic E-state index is -0.861. The molecule has 1 fully saturated rings. The van der Waals surface area contributed by atoms with Crippen LogP contribution in [0.5, 0.6) is 0 Å². The zero-order valence-electron chi connectivity index (χ0n) is 16.7. The van der Waals surface area contributed by atoms with Crippen LogP contribution in [0.4, 0.5) is 5.69 Å². The van der Waals surface area contributed by atoms with E-state index in [0.717, 1.165) is 11.6 Å². The monoisotopic (exact) mass is 413 g/mol. The third-order valence-electron chi connectivity index (χ3n) is 5.12. The number of hydrogen-bond donors (Lipinski definition) is 2. The van der Waals surface area contributed by atoms with E-state index in [0.29, 0.717) is 13.0 Å². The predicted octanol–water partition coefficient (Wildman–Crippen LogP) is 0.917. The standard InChI is InChI=1S/C20H23N5O5/c1-23(2)17(13-6-4-3-5-7-13)19(27)22-12-15-8-9-24(15)20(28)14-10-16(25(29)30)18(26)21-11-14/h3-7,10-11,15,17H,8-9,12H2,1-2H3,(H,21,26)(H,22,27). The number of aromatic nitrogens is 1. The zero-order chi connectivity index (χ0) is 21.8. The lowest BCUT2D eigenvalue weighted by Gasteiger charge is -2.41. The van der Waals surface area contributed by atoms with Gasteiger partial charge in [-0.25, -0.2) is 0 Å². The SMILES string of the molecule is CN(C)C(C(=O)NCC1CCN1C(=O)c1c[nH]c(=O)c([N+](=O)[O-])c1)c1ccccc1. The summed E-state index contributed by atoms with van der Waals surface area (Å²) in [5.74, 6) is -0.600. The molecule has 3 rings (SSSR count). The van der Waals surface area contributed by atoms with Crippen LogP contribution in [0.3, 0.4) is 0 Å². The van der Waals surface area contributed by atoms with Gasteiger partial charge < -0.3 is 15.2 Å². The first-order chi connectivity index (χ1) is 14.3. The van der Waals surface area contributed by atoms with Gasteiger partial charge in [-0.3, -0.25) is 29.4 Å². The molecule has 0 bridgehead atoms. The van der Waals surface area contributed by atoms with Gasteiger partial charge in [0.1, 0.15) is 6.04 Å². The molecule has 2 aromatic rings. The number of likely N-dealkylation sites (tertiary alicyclic amines) is 1. The number of H-pyrrole nitrogens is 1. The number of amides is 2. The molecule has 0 radical (unpaired) electrons. The normalized spacial score (nSPS) is 16.6. The number of benzene rings is 1. The summed E-state index contributed by atoms with van der Waals surface area (Å²) >= 11 is 0. The number of carbonyl (C=O) groups excluding carboxylic acids is 2. The smallest absolute Gasteiger partial charge is 0.334 e. The molecule has 2 N–H and O–H groups in total. The summed E-state index contributed by atoms with van der Waals surface area (Å²) in [6.07, 6.45) is 1.87. The van der Waals surface area contributed by atoms with Gasteiger partial charge >= 0.3 is 11.2 Å². The summed E-state index contributed by atoms with van der Waals surface area (Å²) in [6.45, 7) is 0.745. The van der Waals surface area contributed by atoms with Crippen molar-refractivity contribution in [3.8, 4) is 0 Å². The topological polar surface area (TPSA) is 129 Å². The molecular formula is C20H23N5O5. The third kappa shape index (κ3) is 4.38. The Morgan fingerprint density at radius 1 is 1.33 bits per heavy atom. The van der Waals surface area contributed by atoms with Crippen molar-refractivity contribution in [3.63, 3.8) is 0 Å². The molecule has 1 aromatic heterocycles. The number of hydrogen-bond acceptors (Lipinski definition) is 6. The van der Waals surface area contributed by atoms with Gasteiger partial charge in [0.2, 0.25) is 5.91 Å². The summed E-state index contributed by atoms with van der Waals surface area (Å²) in [4.78, 5) is 52.6. The average Bonchev–Trinajstić information content (AvgIpc) is 2.68. The van der Waals surface area contributed by atoms with E-state index in [4.69, 9.17) is 0 Å². The van der Waals surface area contributed by atoms with Crippen molar-refractivity contribution >= 4 is 17.5 Å². The van der Waals surface area contributed by atoms with Gasteiger partial charge in [-0.05, 0) is 26.1 Å². The lowest BCUT2D eigenvalue weighted by atomic mass is 10.0. The number of rotatable bonds is 7. The number of nitrogens with one attached hydrogen (secondary N) is 2. The van der Waals surface area contributed by atoms with Gasteiger partial charge in [0.25, 0.3) is 5.91 Å². The lowest BCUT2D eigenvalue weighted by molar-refractivity contribution is -0.386. The van der Waals surface area contributed by atoms with E-state index in [-0.39, 0.29) is 24.1 Å². The highest BCUT2D eigenvalue weighted by atomic mass is 16.6. The van der Waals surface area contributed by atoms with E-state index in [2.05, 4.69) is 10.3 Å². The zero-order valence-corrected chi connectivity index (χ0v) is 16.7. The molecule has 10 heteroatoms. The first kappa shape index (κ1) is 21.2. The first-order valence-electron chi connectivity index (χ1n) is 9.46. The highest BCUT2D eigenvalue weighted by Gasteiger charge is 2.34. The molecule has 0 saturated carbocycles. The van der Waals surface area contributed by atoms with Crippen LogP contribution in [0.15, 0.2) is 47.4 Å². The predicted molar refractivity (Wildman–Crippen MR) is 109 cm³/mol. The summed E-state index contributed by atoms with van der Waals surface area (Å²) in [5, 5.41) is 13.8. The minimum absolute atomic E-state index is 0.0350. The summed E-state index contributed by atoms with van der Waals surface area (Å²) in [5.41, 5.74) is -0.641. The van der Waals surface area contributed by atoms with Crippen LogP contribution in [-0.2, 0) is 4.79 Å². The molecule has 2 unspecified atom stereocenters. The number of carbonyl (C=O) groups is 2. The van der Waals surface area contributed by atoms with Gasteiger partial charge in [-0.15, -0.1) is 0 Å². The van der Waals surface area contributed by atoms with Crippen LogP contribution in [0, 0.1) is 10.1 Å². The molecule has 10 nitrogen and oxygen atoms in total. The number of pyridine rings is 1. The first-order valence-corrected chi connectivity index (χ1v) is 9.46. The second kappa shape index (κ2) is 8.87. The fourth-order valence-corrected chi connectivity index (χ4v) is 3.45. The Hall–Kier alpha value is -3.53. The Morgan fingerprint density at radius 3 is 2.60 bits per heavy atom. The molecule has 158 valence electrons. The third-order valence-corrected chi connectivity index (χ3v) is 5.12. The van der Waals surface area contributed by atoms with Crippen molar-refractivity contribution in [1.29, 1.82) is 0 Å². The van der Waals surface area contributed by atoms with Crippen LogP contribution in [0.2, 0.25) is 0 Å². The Morgan fingerprint density at radius 2 is 2.03 bits per heavy atom. The van der Waals surface area contributed by atoms with Crippen LogP contribution >= 0.6 is 0 Å². The maximum absolute atomic E-state index is 12.8. The lowest BCUT2D eigenvalue weighted by Crippen LogP contribution is -2.56. The van der Waals surface area contributed by atoms with E-state index < -0.39 is 28.1 Å². The molecule has 1 aliphatic heterocycles. The van der Waals surface area contributed by atoms with Gasteiger partial charge in [-0.1, -0.05) is 30.3 Å². The molecule has 2 atom stereocenters. The fraction of sp³-hybridized carbons (Fsp3) is 0.350. The number of likely N-dealkylation sites (N-methyl/N-ethyl adjacent to an activating group) is 1. The van der Waals surface area contributed by atoms with Crippen molar-refractivity contribution < 1.29 is 14.5 Å². The van der Waals surface area contributed by atoms with E-state index in [1.54, 1.807) is 0 Å². The van der Waals surface area contributed by atoms with Crippen molar-refractivity contribution in [2.24, 2.45) is 0 Å². The molecule has 1 saturated heterocycles. The van der Waals surface area contributed by atoms with Gasteiger partial charge in [-0.2, -0.15) is 0 Å². The average molecular weight is 413 g/mol. The highest BCUT2D eigenvalue weighted by Crippen LogP contribution is 2.22. The van der Waals surface area contributed by atoms with E-state index in [9.17, 15) is 24.5 Å². The minimum Gasteiger partial charge on any atom is -0.352 e. The molecule has 0 aliphatic carbocycles. The van der Waals surface area contributed by atoms with Crippen molar-refractivity contribution in [3.05, 3.63) is 74.2 Å². The Balaban J connectivity index is 1.65. The molecular weight excluding hydrogens is 390 g/mol. The van der Waals surface area contributed by atoms with Crippen molar-refractivity contribution in [2.75, 3.05) is 27.2 Å². The quantitative estimate of drug-likeness (QED) is 0.513. The summed E-state index contributed by atoms with van der Waals surface area (Å²) in [6, 6.07) is 9.69. The molecule has 30 heavy (non-hydrogen) atoms. The number of aromatic amines is 1. The molecule has 2 heterocycles. The largest absolute Gasteiger partial charge is 0.352 e. The maximum atomic E-state index is 12.8.